The van der Waals surface area contributed by atoms with Gasteiger partial charge in [0.05, 0.1) is 6.61 Å². The van der Waals surface area contributed by atoms with Crippen LogP contribution in [0.2, 0.25) is 0 Å². The Morgan fingerprint density at radius 2 is 1.88 bits per heavy atom. The molecule has 0 spiro atoms. The van der Waals surface area contributed by atoms with Gasteiger partial charge in [0.25, 0.3) is 11.6 Å². The summed E-state index contributed by atoms with van der Waals surface area (Å²) in [6, 6.07) is 9.00. The lowest BCUT2D eigenvalue weighted by molar-refractivity contribution is -0.144. The zero-order valence-electron chi connectivity index (χ0n) is 13.6. The third-order valence-electron chi connectivity index (χ3n) is 3.39. The van der Waals surface area contributed by atoms with Crippen molar-refractivity contribution in [2.45, 2.75) is 26.6 Å². The van der Waals surface area contributed by atoms with Crippen LogP contribution >= 0.6 is 0 Å². The number of aryl methyl sites for hydroxylation is 1. The van der Waals surface area contributed by atoms with Crippen molar-refractivity contribution in [3.05, 3.63) is 47.4 Å². The summed E-state index contributed by atoms with van der Waals surface area (Å²) in [7, 11) is 0. The molecule has 9 heteroatoms. The Kier molecular flexibility index (Phi) is 4.58. The van der Waals surface area contributed by atoms with Gasteiger partial charge in [-0.05, 0) is 31.5 Å². The number of ether oxygens (including phenoxy) is 1. The minimum atomic E-state index is -4.63. The van der Waals surface area contributed by atoms with Gasteiger partial charge in [-0.15, -0.1) is 5.10 Å². The van der Waals surface area contributed by atoms with Crippen LogP contribution in [0.15, 0.2) is 30.3 Å². The van der Waals surface area contributed by atoms with Crippen molar-refractivity contribution >= 4 is 17.3 Å². The summed E-state index contributed by atoms with van der Waals surface area (Å²) in [5.74, 6) is -0.980. The fourth-order valence-corrected chi connectivity index (χ4v) is 2.25. The number of alkyl halides is 3. The smallest absolute Gasteiger partial charge is 0.377 e. The van der Waals surface area contributed by atoms with Crippen LogP contribution in [-0.4, -0.2) is 26.2 Å². The molecule has 3 rings (SSSR count). The molecule has 0 bridgehead atoms. The number of nitrogens with zero attached hydrogens (tertiary/aromatic N) is 4. The maximum atomic E-state index is 12.8. The first-order chi connectivity index (χ1) is 11.9. The van der Waals surface area contributed by atoms with E-state index in [0.717, 1.165) is 10.1 Å². The fraction of sp³-hybridized carbons (Fsp3) is 0.312. The summed E-state index contributed by atoms with van der Waals surface area (Å²) in [6.45, 7) is 4.73. The van der Waals surface area contributed by atoms with Gasteiger partial charge in [0, 0.05) is 24.1 Å². The lowest BCUT2D eigenvalue weighted by Crippen LogP contribution is -2.08. The highest BCUT2D eigenvalue weighted by Crippen LogP contribution is 2.27. The van der Waals surface area contributed by atoms with Crippen molar-refractivity contribution in [2.75, 3.05) is 11.9 Å². The minimum absolute atomic E-state index is 0.109. The number of rotatable bonds is 5. The second-order valence-corrected chi connectivity index (χ2v) is 5.39. The average molecular weight is 351 g/mol. The molecule has 0 fully saturated rings. The van der Waals surface area contributed by atoms with Gasteiger partial charge >= 0.3 is 6.18 Å². The van der Waals surface area contributed by atoms with Crippen molar-refractivity contribution < 1.29 is 17.9 Å². The number of anilines is 2. The van der Waals surface area contributed by atoms with E-state index in [9.17, 15) is 13.2 Å². The van der Waals surface area contributed by atoms with E-state index in [-0.39, 0.29) is 5.78 Å². The highest BCUT2D eigenvalue weighted by atomic mass is 19.4. The van der Waals surface area contributed by atoms with Gasteiger partial charge < -0.3 is 10.1 Å². The number of aromatic nitrogens is 4. The summed E-state index contributed by atoms with van der Waals surface area (Å²) < 4.78 is 44.9. The maximum Gasteiger partial charge on any atom is 0.453 e. The molecule has 0 aliphatic carbocycles. The molecule has 132 valence electrons. The molecular weight excluding hydrogens is 335 g/mol. The predicted molar refractivity (Wildman–Crippen MR) is 85.6 cm³/mol. The van der Waals surface area contributed by atoms with Crippen molar-refractivity contribution in [1.29, 1.82) is 0 Å². The van der Waals surface area contributed by atoms with Gasteiger partial charge in [-0.3, -0.25) is 0 Å². The molecular formula is C16H16F3N5O. The van der Waals surface area contributed by atoms with E-state index in [2.05, 4.69) is 20.4 Å². The Bertz CT molecular complexity index is 874. The van der Waals surface area contributed by atoms with E-state index < -0.39 is 12.0 Å². The van der Waals surface area contributed by atoms with Crippen LogP contribution in [-0.2, 0) is 17.5 Å². The van der Waals surface area contributed by atoms with Crippen LogP contribution in [0.25, 0.3) is 5.78 Å². The number of halogens is 3. The van der Waals surface area contributed by atoms with Crippen LogP contribution < -0.4 is 5.32 Å². The normalized spacial score (nSPS) is 11.9. The van der Waals surface area contributed by atoms with E-state index in [1.807, 2.05) is 31.2 Å². The molecule has 3 aromatic rings. The van der Waals surface area contributed by atoms with Crippen LogP contribution in [0.5, 0.6) is 0 Å². The molecule has 2 aromatic heterocycles. The second kappa shape index (κ2) is 6.67. The van der Waals surface area contributed by atoms with Gasteiger partial charge in [0.2, 0.25) is 0 Å². The van der Waals surface area contributed by atoms with Crippen molar-refractivity contribution in [1.82, 2.24) is 19.6 Å². The number of benzene rings is 1. The maximum absolute atomic E-state index is 12.8. The van der Waals surface area contributed by atoms with E-state index in [1.165, 1.54) is 0 Å². The quantitative estimate of drug-likeness (QED) is 0.759. The van der Waals surface area contributed by atoms with Gasteiger partial charge in [-0.1, -0.05) is 12.1 Å². The second-order valence-electron chi connectivity index (χ2n) is 5.39. The molecule has 1 aromatic carbocycles. The van der Waals surface area contributed by atoms with Crippen LogP contribution in [0.1, 0.15) is 24.0 Å². The molecule has 0 atom stereocenters. The van der Waals surface area contributed by atoms with Crippen molar-refractivity contribution in [2.24, 2.45) is 0 Å². The largest absolute Gasteiger partial charge is 0.453 e. The molecule has 0 aliphatic rings. The number of fused-ring (bicyclic) bond motifs is 1. The van der Waals surface area contributed by atoms with Gasteiger partial charge in [-0.2, -0.15) is 22.7 Å². The molecule has 0 saturated heterocycles. The molecule has 0 radical (unpaired) electrons. The molecule has 1 N–H and O–H groups in total. The average Bonchev–Trinajstić information content (AvgIpc) is 2.98. The monoisotopic (exact) mass is 351 g/mol. The van der Waals surface area contributed by atoms with Gasteiger partial charge in [0.1, 0.15) is 5.82 Å². The summed E-state index contributed by atoms with van der Waals surface area (Å²) >= 11 is 0. The lowest BCUT2D eigenvalue weighted by atomic mass is 10.2. The third-order valence-corrected chi connectivity index (χ3v) is 3.39. The molecule has 0 unspecified atom stereocenters. The van der Waals surface area contributed by atoms with Crippen LogP contribution in [0, 0.1) is 6.92 Å². The van der Waals surface area contributed by atoms with Crippen molar-refractivity contribution in [3.8, 4) is 0 Å². The first-order valence-corrected chi connectivity index (χ1v) is 7.62. The Balaban J connectivity index is 1.91. The Labute approximate surface area is 141 Å². The topological polar surface area (TPSA) is 64.3 Å². The highest BCUT2D eigenvalue weighted by Gasteiger charge is 2.36. The summed E-state index contributed by atoms with van der Waals surface area (Å²) in [5.41, 5.74) is 2.24. The fourth-order valence-electron chi connectivity index (χ4n) is 2.25. The molecule has 0 amide bonds. The van der Waals surface area contributed by atoms with Gasteiger partial charge in [-0.25, -0.2) is 4.98 Å². The Hall–Kier alpha value is -2.68. The van der Waals surface area contributed by atoms with Gasteiger partial charge in [0.15, 0.2) is 0 Å². The van der Waals surface area contributed by atoms with E-state index in [0.29, 0.717) is 30.4 Å². The standard InChI is InChI=1S/C16H16F3N5O/c1-3-25-9-11-4-6-12(7-5-11)21-13-8-10(2)20-15-22-14(16(17,18)19)23-24(13)15/h4-8,21H,3,9H2,1-2H3. The van der Waals surface area contributed by atoms with Crippen LogP contribution in [0.4, 0.5) is 24.7 Å². The summed E-state index contributed by atoms with van der Waals surface area (Å²) in [5, 5.41) is 6.56. The summed E-state index contributed by atoms with van der Waals surface area (Å²) in [6.07, 6.45) is -4.63. The molecule has 0 saturated carbocycles. The number of hydrogen-bond acceptors (Lipinski definition) is 5. The predicted octanol–water partition coefficient (Wildman–Crippen LogP) is 3.73. The van der Waals surface area contributed by atoms with E-state index in [4.69, 9.17) is 4.74 Å². The van der Waals surface area contributed by atoms with Crippen molar-refractivity contribution in [3.63, 3.8) is 0 Å². The third kappa shape index (κ3) is 3.87. The highest BCUT2D eigenvalue weighted by molar-refractivity contribution is 5.59. The Morgan fingerprint density at radius 3 is 2.52 bits per heavy atom. The Morgan fingerprint density at radius 1 is 1.16 bits per heavy atom. The molecule has 6 nitrogen and oxygen atoms in total. The number of nitrogens with one attached hydrogen (secondary N) is 1. The first-order valence-electron chi connectivity index (χ1n) is 7.62. The molecule has 0 aliphatic heterocycles. The lowest BCUT2D eigenvalue weighted by Gasteiger charge is -2.09. The van der Waals surface area contributed by atoms with Crippen LogP contribution in [0.3, 0.4) is 0 Å². The first kappa shape index (κ1) is 17.2. The van der Waals surface area contributed by atoms with E-state index in [1.54, 1.807) is 13.0 Å². The zero-order chi connectivity index (χ0) is 18.0. The van der Waals surface area contributed by atoms with E-state index >= 15 is 0 Å². The molecule has 2 heterocycles. The zero-order valence-corrected chi connectivity index (χ0v) is 13.6. The summed E-state index contributed by atoms with van der Waals surface area (Å²) in [4.78, 5) is 7.45. The number of hydrogen-bond donors (Lipinski definition) is 1. The molecule has 25 heavy (non-hydrogen) atoms. The SMILES string of the molecule is CCOCc1ccc(Nc2cc(C)nc3nc(C(F)(F)F)nn23)cc1. The minimum Gasteiger partial charge on any atom is -0.377 e.